The van der Waals surface area contributed by atoms with Crippen molar-refractivity contribution in [3.05, 3.63) is 63.2 Å². The predicted octanol–water partition coefficient (Wildman–Crippen LogP) is 3.65. The van der Waals surface area contributed by atoms with E-state index in [1.54, 1.807) is 41.3 Å². The zero-order chi connectivity index (χ0) is 21.0. The molecule has 0 bridgehead atoms. The van der Waals surface area contributed by atoms with Gasteiger partial charge in [-0.05, 0) is 42.8 Å². The van der Waals surface area contributed by atoms with E-state index in [4.69, 9.17) is 21.1 Å². The third kappa shape index (κ3) is 4.51. The van der Waals surface area contributed by atoms with E-state index in [2.05, 4.69) is 9.97 Å². The van der Waals surface area contributed by atoms with Gasteiger partial charge in [0.15, 0.2) is 0 Å². The molecule has 0 saturated carbocycles. The van der Waals surface area contributed by atoms with E-state index in [0.717, 1.165) is 6.42 Å². The smallest absolute Gasteiger partial charge is 0.258 e. The summed E-state index contributed by atoms with van der Waals surface area (Å²) in [5.41, 5.74) is 0.593. The number of aromatic nitrogens is 2. The Balaban J connectivity index is 1.98. The van der Waals surface area contributed by atoms with E-state index in [9.17, 15) is 9.59 Å². The Morgan fingerprint density at radius 2 is 1.97 bits per heavy atom. The maximum atomic E-state index is 13.2. The van der Waals surface area contributed by atoms with Crippen molar-refractivity contribution in [3.8, 4) is 11.5 Å². The first kappa shape index (κ1) is 20.7. The number of fused-ring (bicyclic) bond motifs is 1. The number of hydrogen-bond donors (Lipinski definition) is 1. The maximum Gasteiger partial charge on any atom is 0.258 e. The molecule has 2 aromatic carbocycles. The molecule has 0 aliphatic carbocycles. The van der Waals surface area contributed by atoms with Crippen LogP contribution in [0.3, 0.4) is 0 Å². The average molecular weight is 416 g/mol. The highest BCUT2D eigenvalue weighted by molar-refractivity contribution is 6.31. The average Bonchev–Trinajstić information content (AvgIpc) is 2.72. The number of rotatable bonds is 7. The van der Waals surface area contributed by atoms with Gasteiger partial charge in [0.25, 0.3) is 11.5 Å². The van der Waals surface area contributed by atoms with Crippen molar-refractivity contribution in [2.45, 2.75) is 19.9 Å². The van der Waals surface area contributed by atoms with E-state index < -0.39 is 0 Å². The number of nitrogens with zero attached hydrogens (tertiary/aromatic N) is 2. The lowest BCUT2D eigenvalue weighted by Gasteiger charge is -2.23. The van der Waals surface area contributed by atoms with Crippen molar-refractivity contribution in [3.63, 3.8) is 0 Å². The van der Waals surface area contributed by atoms with Crippen LogP contribution in [0.15, 0.2) is 41.2 Å². The molecular weight excluding hydrogens is 394 g/mol. The predicted molar refractivity (Wildman–Crippen MR) is 112 cm³/mol. The number of nitrogens with one attached hydrogen (secondary N) is 1. The van der Waals surface area contributed by atoms with Gasteiger partial charge in [-0.3, -0.25) is 9.59 Å². The summed E-state index contributed by atoms with van der Waals surface area (Å²) >= 11 is 6.03. The summed E-state index contributed by atoms with van der Waals surface area (Å²) in [6, 6.07) is 9.96. The molecule has 1 N–H and O–H groups in total. The number of benzene rings is 2. The van der Waals surface area contributed by atoms with Crippen molar-refractivity contribution in [2.24, 2.45) is 0 Å². The molecule has 1 amide bonds. The lowest BCUT2D eigenvalue weighted by atomic mass is 10.1. The number of carbonyl (C=O) groups is 1. The molecule has 1 heterocycles. The normalized spacial score (nSPS) is 10.8. The molecule has 8 heteroatoms. The van der Waals surface area contributed by atoms with Crippen molar-refractivity contribution in [1.82, 2.24) is 14.9 Å². The molecule has 0 unspecified atom stereocenters. The minimum atomic E-state index is -0.274. The Morgan fingerprint density at radius 1 is 1.17 bits per heavy atom. The summed E-state index contributed by atoms with van der Waals surface area (Å²) in [5.74, 6) is 1.14. The molecule has 0 spiro atoms. The monoisotopic (exact) mass is 415 g/mol. The quantitative estimate of drug-likeness (QED) is 0.636. The Labute approximate surface area is 173 Å². The first-order valence-electron chi connectivity index (χ1n) is 9.16. The van der Waals surface area contributed by atoms with Crippen LogP contribution in [0.1, 0.15) is 29.5 Å². The fourth-order valence-corrected chi connectivity index (χ4v) is 3.26. The highest BCUT2D eigenvalue weighted by atomic mass is 35.5. The summed E-state index contributed by atoms with van der Waals surface area (Å²) < 4.78 is 10.6. The Hall–Kier alpha value is -3.06. The van der Waals surface area contributed by atoms with Crippen LogP contribution in [0, 0.1) is 0 Å². The number of halogens is 1. The van der Waals surface area contributed by atoms with Gasteiger partial charge in [-0.1, -0.05) is 18.5 Å². The summed E-state index contributed by atoms with van der Waals surface area (Å²) in [4.78, 5) is 34.5. The first-order chi connectivity index (χ1) is 14.0. The number of ether oxygens (including phenoxy) is 2. The summed E-state index contributed by atoms with van der Waals surface area (Å²) in [6.07, 6.45) is 0.738. The van der Waals surface area contributed by atoms with Gasteiger partial charge in [-0.25, -0.2) is 4.98 Å². The third-order valence-electron chi connectivity index (χ3n) is 4.48. The summed E-state index contributed by atoms with van der Waals surface area (Å²) in [6.45, 7) is 2.60. The van der Waals surface area contributed by atoms with Gasteiger partial charge in [-0.15, -0.1) is 0 Å². The Kier molecular flexibility index (Phi) is 6.39. The number of hydrogen-bond acceptors (Lipinski definition) is 5. The minimum absolute atomic E-state index is 0.144. The van der Waals surface area contributed by atoms with Crippen LogP contribution in [0.5, 0.6) is 11.5 Å². The van der Waals surface area contributed by atoms with Crippen LogP contribution in [0.4, 0.5) is 0 Å². The van der Waals surface area contributed by atoms with E-state index in [1.165, 1.54) is 14.2 Å². The van der Waals surface area contributed by atoms with Crippen molar-refractivity contribution >= 4 is 28.4 Å². The molecule has 3 rings (SSSR count). The summed E-state index contributed by atoms with van der Waals surface area (Å²) in [7, 11) is 3.05. The fraction of sp³-hybridized carbons (Fsp3) is 0.286. The molecule has 3 aromatic rings. The molecule has 29 heavy (non-hydrogen) atoms. The van der Waals surface area contributed by atoms with Crippen LogP contribution in [-0.2, 0) is 6.54 Å². The molecule has 152 valence electrons. The lowest BCUT2D eigenvalue weighted by molar-refractivity contribution is 0.0735. The van der Waals surface area contributed by atoms with Crippen molar-refractivity contribution in [2.75, 3.05) is 20.8 Å². The van der Waals surface area contributed by atoms with E-state index in [1.807, 2.05) is 6.92 Å². The highest BCUT2D eigenvalue weighted by Crippen LogP contribution is 2.26. The molecule has 0 radical (unpaired) electrons. The van der Waals surface area contributed by atoms with Gasteiger partial charge in [0.2, 0.25) is 0 Å². The number of methoxy groups -OCH3 is 2. The molecule has 0 atom stereocenters. The van der Waals surface area contributed by atoms with E-state index >= 15 is 0 Å². The second-order valence-electron chi connectivity index (χ2n) is 6.47. The van der Waals surface area contributed by atoms with Crippen LogP contribution >= 0.6 is 11.6 Å². The molecular formula is C21H22ClN3O4. The highest BCUT2D eigenvalue weighted by Gasteiger charge is 2.21. The zero-order valence-corrected chi connectivity index (χ0v) is 17.2. The SMILES string of the molecule is CCCN(Cc1nc2cc(Cl)ccc2c(=O)[nH]1)C(=O)c1cc(OC)ccc1OC. The van der Waals surface area contributed by atoms with Gasteiger partial charge in [0.05, 0.1) is 37.2 Å². The number of H-pyrrole nitrogens is 1. The fourth-order valence-electron chi connectivity index (χ4n) is 3.09. The lowest BCUT2D eigenvalue weighted by Crippen LogP contribution is -2.33. The molecule has 7 nitrogen and oxygen atoms in total. The van der Waals surface area contributed by atoms with Gasteiger partial charge >= 0.3 is 0 Å². The molecule has 0 aliphatic heterocycles. The van der Waals surface area contributed by atoms with Crippen LogP contribution in [0.2, 0.25) is 5.02 Å². The number of carbonyl (C=O) groups excluding carboxylic acids is 1. The van der Waals surface area contributed by atoms with Crippen LogP contribution < -0.4 is 15.0 Å². The van der Waals surface area contributed by atoms with Gasteiger partial charge in [0.1, 0.15) is 17.3 Å². The number of amides is 1. The second-order valence-corrected chi connectivity index (χ2v) is 6.90. The Bertz CT molecular complexity index is 1100. The third-order valence-corrected chi connectivity index (χ3v) is 4.71. The molecule has 1 aromatic heterocycles. The van der Waals surface area contributed by atoms with E-state index in [-0.39, 0.29) is 18.0 Å². The minimum Gasteiger partial charge on any atom is -0.497 e. The second kappa shape index (κ2) is 8.96. The van der Waals surface area contributed by atoms with Crippen LogP contribution in [0.25, 0.3) is 10.9 Å². The van der Waals surface area contributed by atoms with Gasteiger partial charge < -0.3 is 19.4 Å². The first-order valence-corrected chi connectivity index (χ1v) is 9.54. The van der Waals surface area contributed by atoms with E-state index in [0.29, 0.717) is 45.4 Å². The standard InChI is InChI=1S/C21H22ClN3O4/c1-4-9-25(21(27)16-11-14(28-2)6-8-18(16)29-3)12-19-23-17-10-13(22)5-7-15(17)20(26)24-19/h5-8,10-11H,4,9,12H2,1-3H3,(H,23,24,26). The topological polar surface area (TPSA) is 84.5 Å². The molecule has 0 saturated heterocycles. The Morgan fingerprint density at radius 3 is 2.66 bits per heavy atom. The van der Waals surface area contributed by atoms with Crippen LogP contribution in [-0.4, -0.2) is 41.5 Å². The van der Waals surface area contributed by atoms with Crippen molar-refractivity contribution in [1.29, 1.82) is 0 Å². The molecule has 0 fully saturated rings. The zero-order valence-electron chi connectivity index (χ0n) is 16.5. The largest absolute Gasteiger partial charge is 0.497 e. The summed E-state index contributed by atoms with van der Waals surface area (Å²) in [5, 5.41) is 0.935. The van der Waals surface area contributed by atoms with Gasteiger partial charge in [0, 0.05) is 11.6 Å². The molecule has 0 aliphatic rings. The van der Waals surface area contributed by atoms with Gasteiger partial charge in [-0.2, -0.15) is 0 Å². The maximum absolute atomic E-state index is 13.2. The van der Waals surface area contributed by atoms with Crippen molar-refractivity contribution < 1.29 is 14.3 Å². The number of aromatic amines is 1.